The molecule has 2 aromatic rings. The van der Waals surface area contributed by atoms with Crippen LogP contribution in [-0.2, 0) is 17.8 Å². The number of amides is 1. The van der Waals surface area contributed by atoms with Gasteiger partial charge in [-0.25, -0.2) is 5.84 Å². The zero-order chi connectivity index (χ0) is 20.6. The summed E-state index contributed by atoms with van der Waals surface area (Å²) in [5.41, 5.74) is 5.33. The second-order valence-electron chi connectivity index (χ2n) is 7.10. The van der Waals surface area contributed by atoms with Crippen LogP contribution >= 0.6 is 0 Å². The Kier molecular flexibility index (Phi) is 7.05. The lowest BCUT2D eigenvalue weighted by Gasteiger charge is -2.36. The second kappa shape index (κ2) is 9.91. The Morgan fingerprint density at radius 2 is 1.83 bits per heavy atom. The number of hydrogen-bond acceptors (Lipinski definition) is 5. The normalized spacial score (nSPS) is 15.2. The van der Waals surface area contributed by atoms with Crippen molar-refractivity contribution in [2.45, 2.75) is 13.0 Å². The number of carbonyl (C=O) groups is 1. The van der Waals surface area contributed by atoms with Crippen molar-refractivity contribution in [3.63, 3.8) is 0 Å². The third-order valence-electron chi connectivity index (χ3n) is 5.13. The van der Waals surface area contributed by atoms with Gasteiger partial charge < -0.3 is 10.0 Å². The molecule has 29 heavy (non-hydrogen) atoms. The van der Waals surface area contributed by atoms with Crippen LogP contribution in [0.25, 0.3) is 6.08 Å². The molecule has 1 fully saturated rings. The SMILES string of the molecule is C=CCc1cccc(C=C(C(=O)NN)N2CCN(Cc3ccccc3)CC2)c1O. The van der Waals surface area contributed by atoms with Crippen LogP contribution in [0, 0.1) is 0 Å². The molecule has 1 amide bonds. The number of allylic oxidation sites excluding steroid dienone is 1. The van der Waals surface area contributed by atoms with Crippen LogP contribution in [0.5, 0.6) is 5.75 Å². The van der Waals surface area contributed by atoms with E-state index in [0.717, 1.165) is 25.2 Å². The van der Waals surface area contributed by atoms with Crippen LogP contribution in [0.1, 0.15) is 16.7 Å². The highest BCUT2D eigenvalue weighted by Gasteiger charge is 2.23. The van der Waals surface area contributed by atoms with Crippen molar-refractivity contribution in [3.05, 3.63) is 83.6 Å². The summed E-state index contributed by atoms with van der Waals surface area (Å²) in [6.07, 6.45) is 4.00. The maximum Gasteiger partial charge on any atom is 0.281 e. The van der Waals surface area contributed by atoms with Crippen LogP contribution in [0.2, 0.25) is 0 Å². The van der Waals surface area contributed by atoms with Crippen LogP contribution in [0.4, 0.5) is 0 Å². The first-order valence-corrected chi connectivity index (χ1v) is 9.78. The molecule has 2 aromatic carbocycles. The molecular weight excluding hydrogens is 364 g/mol. The molecule has 0 aromatic heterocycles. The molecule has 1 aliphatic rings. The lowest BCUT2D eigenvalue weighted by molar-refractivity contribution is -0.119. The lowest BCUT2D eigenvalue weighted by atomic mass is 10.0. The maximum absolute atomic E-state index is 12.5. The van der Waals surface area contributed by atoms with E-state index in [4.69, 9.17) is 5.84 Å². The van der Waals surface area contributed by atoms with E-state index in [-0.39, 0.29) is 11.7 Å². The fourth-order valence-electron chi connectivity index (χ4n) is 3.56. The summed E-state index contributed by atoms with van der Waals surface area (Å²) < 4.78 is 0. The first-order valence-electron chi connectivity index (χ1n) is 9.78. The molecular formula is C23H28N4O2. The minimum Gasteiger partial charge on any atom is -0.507 e. The molecule has 0 saturated carbocycles. The largest absolute Gasteiger partial charge is 0.507 e. The van der Waals surface area contributed by atoms with Crippen molar-refractivity contribution >= 4 is 12.0 Å². The lowest BCUT2D eigenvalue weighted by Crippen LogP contribution is -2.48. The molecule has 0 atom stereocenters. The van der Waals surface area contributed by atoms with Gasteiger partial charge in [0.2, 0.25) is 0 Å². The van der Waals surface area contributed by atoms with Crippen molar-refractivity contribution in [1.82, 2.24) is 15.2 Å². The molecule has 152 valence electrons. The van der Waals surface area contributed by atoms with Gasteiger partial charge in [-0.05, 0) is 23.6 Å². The summed E-state index contributed by atoms with van der Waals surface area (Å²) in [7, 11) is 0. The highest BCUT2D eigenvalue weighted by molar-refractivity contribution is 5.97. The standard InChI is InChI=1S/C23H28N4O2/c1-2-7-19-10-6-11-20(22(19)28)16-21(23(29)25-24)27-14-12-26(13-15-27)17-18-8-4-3-5-9-18/h2-6,8-11,16,28H,1,7,12-15,17,24H2,(H,25,29). The Labute approximate surface area is 171 Å². The molecule has 4 N–H and O–H groups in total. The molecule has 1 saturated heterocycles. The van der Waals surface area contributed by atoms with Gasteiger partial charge >= 0.3 is 0 Å². The summed E-state index contributed by atoms with van der Waals surface area (Å²) in [5, 5.41) is 10.5. The number of hydrogen-bond donors (Lipinski definition) is 3. The summed E-state index contributed by atoms with van der Waals surface area (Å²) in [6.45, 7) is 7.70. The molecule has 6 nitrogen and oxygen atoms in total. The molecule has 3 rings (SSSR count). The first kappa shape index (κ1) is 20.6. The summed E-state index contributed by atoms with van der Waals surface area (Å²) >= 11 is 0. The van der Waals surface area contributed by atoms with Gasteiger partial charge in [0.15, 0.2) is 0 Å². The molecule has 1 heterocycles. The quantitative estimate of drug-likeness (QED) is 0.221. The van der Waals surface area contributed by atoms with Crippen molar-refractivity contribution in [2.24, 2.45) is 5.84 Å². The van der Waals surface area contributed by atoms with E-state index in [0.29, 0.717) is 30.8 Å². The smallest absolute Gasteiger partial charge is 0.281 e. The van der Waals surface area contributed by atoms with E-state index >= 15 is 0 Å². The van der Waals surface area contributed by atoms with Gasteiger partial charge in [0.05, 0.1) is 0 Å². The number of rotatable bonds is 7. The fourth-order valence-corrected chi connectivity index (χ4v) is 3.56. The number of phenols is 1. The van der Waals surface area contributed by atoms with Crippen LogP contribution in [0.15, 0.2) is 66.9 Å². The van der Waals surface area contributed by atoms with Crippen molar-refractivity contribution < 1.29 is 9.90 Å². The zero-order valence-corrected chi connectivity index (χ0v) is 16.6. The first-order chi connectivity index (χ1) is 14.1. The predicted molar refractivity (Wildman–Crippen MR) is 116 cm³/mol. The number of aromatic hydroxyl groups is 1. The fraction of sp³-hybridized carbons (Fsp3) is 0.261. The summed E-state index contributed by atoms with van der Waals surface area (Å²) in [5.74, 6) is 5.22. The Hall–Kier alpha value is -3.09. The topological polar surface area (TPSA) is 81.8 Å². The van der Waals surface area contributed by atoms with Crippen molar-refractivity contribution in [1.29, 1.82) is 0 Å². The highest BCUT2D eigenvalue weighted by Crippen LogP contribution is 2.26. The Balaban J connectivity index is 1.75. The monoisotopic (exact) mass is 392 g/mol. The maximum atomic E-state index is 12.5. The Bertz CT molecular complexity index is 872. The van der Waals surface area contributed by atoms with E-state index in [9.17, 15) is 9.90 Å². The van der Waals surface area contributed by atoms with E-state index in [2.05, 4.69) is 29.0 Å². The number of hydrazine groups is 1. The van der Waals surface area contributed by atoms with Gasteiger partial charge in [-0.2, -0.15) is 0 Å². The molecule has 6 heteroatoms. The van der Waals surface area contributed by atoms with Gasteiger partial charge in [0.1, 0.15) is 11.4 Å². The van der Waals surface area contributed by atoms with Gasteiger partial charge in [0.25, 0.3) is 5.91 Å². The number of carbonyl (C=O) groups excluding carboxylic acids is 1. The van der Waals surface area contributed by atoms with Gasteiger partial charge in [-0.1, -0.05) is 54.6 Å². The number of nitrogens with one attached hydrogen (secondary N) is 1. The van der Waals surface area contributed by atoms with E-state index in [1.54, 1.807) is 18.2 Å². The highest BCUT2D eigenvalue weighted by atomic mass is 16.3. The van der Waals surface area contributed by atoms with Crippen LogP contribution in [0.3, 0.4) is 0 Å². The van der Waals surface area contributed by atoms with Gasteiger partial charge in [-0.15, -0.1) is 6.58 Å². The van der Waals surface area contributed by atoms with Crippen molar-refractivity contribution in [2.75, 3.05) is 26.2 Å². The van der Waals surface area contributed by atoms with Gasteiger partial charge in [0, 0.05) is 38.3 Å². The number of nitrogens with zero attached hydrogens (tertiary/aromatic N) is 2. The Morgan fingerprint density at radius 3 is 2.48 bits per heavy atom. The van der Waals surface area contributed by atoms with Crippen molar-refractivity contribution in [3.8, 4) is 5.75 Å². The molecule has 1 aliphatic heterocycles. The Morgan fingerprint density at radius 1 is 1.10 bits per heavy atom. The molecule has 0 spiro atoms. The van der Waals surface area contributed by atoms with Crippen LogP contribution in [-0.4, -0.2) is 47.0 Å². The molecule has 0 aliphatic carbocycles. The zero-order valence-electron chi connectivity index (χ0n) is 16.6. The molecule has 0 radical (unpaired) electrons. The average Bonchev–Trinajstić information content (AvgIpc) is 2.75. The average molecular weight is 393 g/mol. The third-order valence-corrected chi connectivity index (χ3v) is 5.13. The second-order valence-corrected chi connectivity index (χ2v) is 7.10. The molecule has 0 unspecified atom stereocenters. The third kappa shape index (κ3) is 5.25. The molecule has 0 bridgehead atoms. The number of nitrogens with two attached hydrogens (primary N) is 1. The number of benzene rings is 2. The minimum absolute atomic E-state index is 0.164. The van der Waals surface area contributed by atoms with Crippen LogP contribution < -0.4 is 11.3 Å². The van der Waals surface area contributed by atoms with E-state index < -0.39 is 0 Å². The summed E-state index contributed by atoms with van der Waals surface area (Å²) in [6, 6.07) is 15.9. The number of phenolic OH excluding ortho intramolecular Hbond substituents is 1. The number of para-hydroxylation sites is 1. The summed E-state index contributed by atoms with van der Waals surface area (Å²) in [4.78, 5) is 16.8. The van der Waals surface area contributed by atoms with Gasteiger partial charge in [-0.3, -0.25) is 15.1 Å². The minimum atomic E-state index is -0.366. The van der Waals surface area contributed by atoms with E-state index in [1.807, 2.05) is 35.2 Å². The predicted octanol–water partition coefficient (Wildman–Crippen LogP) is 2.27. The van der Waals surface area contributed by atoms with E-state index in [1.165, 1.54) is 5.56 Å². The number of piperazine rings is 1.